The molecule has 2 aromatic rings. The number of fused-ring (bicyclic) bond motifs is 1. The van der Waals surface area contributed by atoms with Gasteiger partial charge in [-0.1, -0.05) is 12.5 Å². The first kappa shape index (κ1) is 9.85. The van der Waals surface area contributed by atoms with E-state index in [0.29, 0.717) is 0 Å². The summed E-state index contributed by atoms with van der Waals surface area (Å²) in [6, 6.07) is 6.15. The van der Waals surface area contributed by atoms with Crippen molar-refractivity contribution >= 4 is 5.65 Å². The van der Waals surface area contributed by atoms with E-state index in [9.17, 15) is 0 Å². The smallest absolute Gasteiger partial charge is 0.136 e. The Hall–Kier alpha value is -1.35. The van der Waals surface area contributed by atoms with Crippen LogP contribution in [-0.2, 0) is 6.54 Å². The van der Waals surface area contributed by atoms with Gasteiger partial charge in [0, 0.05) is 12.7 Å². The zero-order valence-electron chi connectivity index (χ0n) is 9.47. The summed E-state index contributed by atoms with van der Waals surface area (Å²) in [5, 5.41) is 0. The highest BCUT2D eigenvalue weighted by atomic mass is 15.1. The molecule has 1 aliphatic rings. The van der Waals surface area contributed by atoms with Crippen LogP contribution in [0.2, 0.25) is 0 Å². The number of likely N-dealkylation sites (tertiary alicyclic amines) is 1. The minimum atomic E-state index is 1.03. The highest BCUT2D eigenvalue weighted by Gasteiger charge is 2.12. The minimum absolute atomic E-state index is 1.03. The van der Waals surface area contributed by atoms with Crippen molar-refractivity contribution in [2.75, 3.05) is 13.1 Å². The van der Waals surface area contributed by atoms with Crippen LogP contribution in [0.1, 0.15) is 25.0 Å². The van der Waals surface area contributed by atoms with Crippen LogP contribution >= 0.6 is 0 Å². The Labute approximate surface area is 95.7 Å². The van der Waals surface area contributed by atoms with Gasteiger partial charge in [-0.3, -0.25) is 4.90 Å². The second kappa shape index (κ2) is 4.26. The number of nitrogens with zero attached hydrogens (tertiary/aromatic N) is 3. The van der Waals surface area contributed by atoms with Crippen molar-refractivity contribution in [3.63, 3.8) is 0 Å². The van der Waals surface area contributed by atoms with E-state index < -0.39 is 0 Å². The van der Waals surface area contributed by atoms with Crippen LogP contribution in [0.4, 0.5) is 0 Å². The number of imidazole rings is 1. The molecule has 0 radical (unpaired) electrons. The second-order valence-electron chi connectivity index (χ2n) is 4.52. The SMILES string of the molecule is c1ccn2c(CN3CCCCC3)cnc2c1. The first-order chi connectivity index (χ1) is 7.93. The summed E-state index contributed by atoms with van der Waals surface area (Å²) in [5.74, 6) is 0. The Morgan fingerprint density at radius 2 is 2.00 bits per heavy atom. The Balaban J connectivity index is 1.83. The average Bonchev–Trinajstić information content (AvgIpc) is 2.74. The molecule has 3 nitrogen and oxygen atoms in total. The molecule has 1 saturated heterocycles. The lowest BCUT2D eigenvalue weighted by molar-refractivity contribution is 0.218. The normalized spacial score (nSPS) is 18.0. The first-order valence-electron chi connectivity index (χ1n) is 6.07. The van der Waals surface area contributed by atoms with Gasteiger partial charge in [-0.25, -0.2) is 4.98 Å². The van der Waals surface area contributed by atoms with E-state index in [1.54, 1.807) is 0 Å². The Morgan fingerprint density at radius 1 is 1.12 bits per heavy atom. The van der Waals surface area contributed by atoms with Crippen molar-refractivity contribution in [1.29, 1.82) is 0 Å². The zero-order chi connectivity index (χ0) is 10.8. The van der Waals surface area contributed by atoms with E-state index in [4.69, 9.17) is 0 Å². The summed E-state index contributed by atoms with van der Waals surface area (Å²) in [6.07, 6.45) is 8.18. The predicted molar refractivity (Wildman–Crippen MR) is 64.3 cm³/mol. The first-order valence-corrected chi connectivity index (χ1v) is 6.07. The average molecular weight is 215 g/mol. The van der Waals surface area contributed by atoms with Crippen molar-refractivity contribution in [2.24, 2.45) is 0 Å². The summed E-state index contributed by atoms with van der Waals surface area (Å²) in [5.41, 5.74) is 2.35. The van der Waals surface area contributed by atoms with Crippen molar-refractivity contribution in [3.8, 4) is 0 Å². The van der Waals surface area contributed by atoms with E-state index in [0.717, 1.165) is 12.2 Å². The molecule has 0 saturated carbocycles. The fourth-order valence-electron chi connectivity index (χ4n) is 2.45. The number of piperidine rings is 1. The van der Waals surface area contributed by atoms with E-state index in [1.165, 1.54) is 38.0 Å². The van der Waals surface area contributed by atoms with E-state index >= 15 is 0 Å². The monoisotopic (exact) mass is 215 g/mol. The second-order valence-corrected chi connectivity index (χ2v) is 4.52. The molecular weight excluding hydrogens is 198 g/mol. The molecule has 0 N–H and O–H groups in total. The molecule has 16 heavy (non-hydrogen) atoms. The van der Waals surface area contributed by atoms with E-state index in [-0.39, 0.29) is 0 Å². The van der Waals surface area contributed by atoms with E-state index in [1.807, 2.05) is 12.3 Å². The van der Waals surface area contributed by atoms with Gasteiger partial charge in [0.25, 0.3) is 0 Å². The highest BCUT2D eigenvalue weighted by Crippen LogP contribution is 2.14. The fourth-order valence-corrected chi connectivity index (χ4v) is 2.45. The largest absolute Gasteiger partial charge is 0.303 e. The van der Waals surface area contributed by atoms with Gasteiger partial charge in [0.15, 0.2) is 0 Å². The van der Waals surface area contributed by atoms with Gasteiger partial charge in [-0.2, -0.15) is 0 Å². The molecule has 0 bridgehead atoms. The van der Waals surface area contributed by atoms with Gasteiger partial charge >= 0.3 is 0 Å². The molecule has 0 spiro atoms. The molecule has 84 valence electrons. The molecule has 0 aliphatic carbocycles. The molecule has 0 atom stereocenters. The fraction of sp³-hybridized carbons (Fsp3) is 0.462. The number of pyridine rings is 1. The summed E-state index contributed by atoms with van der Waals surface area (Å²) >= 11 is 0. The van der Waals surface area contributed by atoms with Gasteiger partial charge in [-0.15, -0.1) is 0 Å². The lowest BCUT2D eigenvalue weighted by Crippen LogP contribution is -2.29. The van der Waals surface area contributed by atoms with Crippen LogP contribution in [0.15, 0.2) is 30.6 Å². The number of hydrogen-bond acceptors (Lipinski definition) is 2. The summed E-state index contributed by atoms with van der Waals surface area (Å²) in [4.78, 5) is 6.95. The third kappa shape index (κ3) is 1.83. The van der Waals surface area contributed by atoms with Crippen molar-refractivity contribution in [2.45, 2.75) is 25.8 Å². The Bertz CT molecular complexity index is 469. The molecule has 1 fully saturated rings. The van der Waals surface area contributed by atoms with Crippen LogP contribution in [0.5, 0.6) is 0 Å². The zero-order valence-corrected chi connectivity index (χ0v) is 9.47. The predicted octanol–water partition coefficient (Wildman–Crippen LogP) is 2.32. The van der Waals surface area contributed by atoms with Crippen LogP contribution in [0.3, 0.4) is 0 Å². The summed E-state index contributed by atoms with van der Waals surface area (Å²) < 4.78 is 2.19. The number of hydrogen-bond donors (Lipinski definition) is 0. The third-order valence-electron chi connectivity index (χ3n) is 3.33. The summed E-state index contributed by atoms with van der Waals surface area (Å²) in [7, 11) is 0. The lowest BCUT2D eigenvalue weighted by atomic mass is 10.1. The van der Waals surface area contributed by atoms with Crippen molar-refractivity contribution in [1.82, 2.24) is 14.3 Å². The lowest BCUT2D eigenvalue weighted by Gasteiger charge is -2.25. The van der Waals surface area contributed by atoms with Crippen LogP contribution < -0.4 is 0 Å². The Kier molecular flexibility index (Phi) is 2.62. The van der Waals surface area contributed by atoms with E-state index in [2.05, 4.69) is 32.6 Å². The van der Waals surface area contributed by atoms with Crippen molar-refractivity contribution < 1.29 is 0 Å². The Morgan fingerprint density at radius 3 is 2.88 bits per heavy atom. The minimum Gasteiger partial charge on any atom is -0.303 e. The van der Waals surface area contributed by atoms with Gasteiger partial charge in [-0.05, 0) is 38.1 Å². The van der Waals surface area contributed by atoms with Crippen LogP contribution in [0.25, 0.3) is 5.65 Å². The maximum atomic E-state index is 4.42. The molecular formula is C13H17N3. The maximum absolute atomic E-state index is 4.42. The molecule has 0 aromatic carbocycles. The van der Waals surface area contributed by atoms with Crippen LogP contribution in [-0.4, -0.2) is 27.4 Å². The standard InChI is InChI=1S/C13H17N3/c1-3-7-15(8-4-1)11-12-10-14-13-6-2-5-9-16(12)13/h2,5-6,9-10H,1,3-4,7-8,11H2. The topological polar surface area (TPSA) is 20.5 Å². The van der Waals surface area contributed by atoms with Crippen molar-refractivity contribution in [3.05, 3.63) is 36.3 Å². The summed E-state index contributed by atoms with van der Waals surface area (Å²) in [6.45, 7) is 3.51. The quantitative estimate of drug-likeness (QED) is 0.766. The number of aromatic nitrogens is 2. The van der Waals surface area contributed by atoms with Gasteiger partial charge < -0.3 is 4.40 Å². The van der Waals surface area contributed by atoms with Gasteiger partial charge in [0.2, 0.25) is 0 Å². The molecule has 3 rings (SSSR count). The maximum Gasteiger partial charge on any atom is 0.136 e. The van der Waals surface area contributed by atoms with Crippen LogP contribution in [0, 0.1) is 0 Å². The molecule has 0 amide bonds. The molecule has 1 aliphatic heterocycles. The molecule has 3 heteroatoms. The number of rotatable bonds is 2. The molecule has 0 unspecified atom stereocenters. The van der Waals surface area contributed by atoms with Gasteiger partial charge in [0.1, 0.15) is 5.65 Å². The van der Waals surface area contributed by atoms with Gasteiger partial charge in [0.05, 0.1) is 11.9 Å². The molecule has 3 heterocycles. The third-order valence-corrected chi connectivity index (χ3v) is 3.33. The molecule has 2 aromatic heterocycles. The highest BCUT2D eigenvalue weighted by molar-refractivity contribution is 5.39.